The lowest BCUT2D eigenvalue weighted by Crippen LogP contribution is -1.97. The number of anilines is 1. The van der Waals surface area contributed by atoms with Gasteiger partial charge in [-0.05, 0) is 6.07 Å². The molecule has 0 radical (unpaired) electrons. The summed E-state index contributed by atoms with van der Waals surface area (Å²) >= 11 is 0. The Labute approximate surface area is 104 Å². The Hall–Kier alpha value is -2.24. The lowest BCUT2D eigenvalue weighted by molar-refractivity contribution is 0.352. The van der Waals surface area contributed by atoms with Crippen molar-refractivity contribution in [2.45, 2.75) is 0 Å². The van der Waals surface area contributed by atoms with Gasteiger partial charge in [0, 0.05) is 24.7 Å². The van der Waals surface area contributed by atoms with Crippen LogP contribution in [0.1, 0.15) is 0 Å². The summed E-state index contributed by atoms with van der Waals surface area (Å²) in [6.45, 7) is 0. The summed E-state index contributed by atoms with van der Waals surface area (Å²) in [5.41, 5.74) is 6.45. The lowest BCUT2D eigenvalue weighted by atomic mass is 10.1. The van der Waals surface area contributed by atoms with Crippen LogP contribution < -0.4 is 15.2 Å². The molecule has 1 aromatic carbocycles. The van der Waals surface area contributed by atoms with Gasteiger partial charge in [0.05, 0.1) is 19.9 Å². The summed E-state index contributed by atoms with van der Waals surface area (Å²) in [5, 5.41) is 4.13. The van der Waals surface area contributed by atoms with Crippen molar-refractivity contribution in [1.29, 1.82) is 0 Å². The van der Waals surface area contributed by atoms with E-state index in [1.165, 1.54) is 31.0 Å². The van der Waals surface area contributed by atoms with Crippen LogP contribution in [0.15, 0.2) is 18.2 Å². The van der Waals surface area contributed by atoms with Crippen LogP contribution >= 0.6 is 0 Å². The van der Waals surface area contributed by atoms with Crippen molar-refractivity contribution in [2.24, 2.45) is 7.05 Å². The highest BCUT2D eigenvalue weighted by Crippen LogP contribution is 2.34. The number of hydrogen-bond donors (Lipinski definition) is 1. The van der Waals surface area contributed by atoms with Gasteiger partial charge in [0.1, 0.15) is 11.6 Å². The largest absolute Gasteiger partial charge is 0.493 e. The van der Waals surface area contributed by atoms with Gasteiger partial charge in [-0.15, -0.1) is 0 Å². The molecule has 0 amide bonds. The molecule has 0 fully saturated rings. The number of nitrogens with zero attached hydrogens (tertiary/aromatic N) is 2. The molecule has 0 saturated heterocycles. The Morgan fingerprint density at radius 1 is 1.17 bits per heavy atom. The first kappa shape index (κ1) is 12.2. The van der Waals surface area contributed by atoms with Crippen LogP contribution in [0.2, 0.25) is 0 Å². The normalized spacial score (nSPS) is 10.4. The fourth-order valence-corrected chi connectivity index (χ4v) is 1.66. The van der Waals surface area contributed by atoms with Crippen molar-refractivity contribution in [3.8, 4) is 22.8 Å². The van der Waals surface area contributed by atoms with Crippen molar-refractivity contribution in [3.05, 3.63) is 24.0 Å². The summed E-state index contributed by atoms with van der Waals surface area (Å²) in [7, 11) is 4.64. The second kappa shape index (κ2) is 4.56. The zero-order valence-electron chi connectivity index (χ0n) is 10.4. The van der Waals surface area contributed by atoms with Crippen LogP contribution in [0.25, 0.3) is 11.3 Å². The van der Waals surface area contributed by atoms with E-state index in [1.807, 2.05) is 0 Å². The molecule has 1 aromatic heterocycles. The van der Waals surface area contributed by atoms with E-state index in [0.717, 1.165) is 0 Å². The summed E-state index contributed by atoms with van der Waals surface area (Å²) in [6, 6.07) is 4.40. The minimum Gasteiger partial charge on any atom is -0.493 e. The average molecular weight is 251 g/mol. The second-order valence-electron chi connectivity index (χ2n) is 3.77. The van der Waals surface area contributed by atoms with E-state index in [4.69, 9.17) is 15.2 Å². The van der Waals surface area contributed by atoms with E-state index in [-0.39, 0.29) is 0 Å². The van der Waals surface area contributed by atoms with Gasteiger partial charge in [-0.2, -0.15) is 5.10 Å². The number of rotatable bonds is 3. The number of aromatic nitrogens is 2. The molecule has 0 saturated carbocycles. The van der Waals surface area contributed by atoms with Gasteiger partial charge in [0.2, 0.25) is 0 Å². The Morgan fingerprint density at radius 2 is 1.78 bits per heavy atom. The van der Waals surface area contributed by atoms with Crippen molar-refractivity contribution in [1.82, 2.24) is 9.78 Å². The van der Waals surface area contributed by atoms with E-state index in [9.17, 15) is 4.39 Å². The molecule has 18 heavy (non-hydrogen) atoms. The molecule has 0 bridgehead atoms. The standard InChI is InChI=1S/C12H14FN3O2/c1-16-12(14)6-9(15-16)7-4-10(17-2)11(18-3)5-8(7)13/h4-6H,14H2,1-3H3. The fourth-order valence-electron chi connectivity index (χ4n) is 1.66. The summed E-state index contributed by atoms with van der Waals surface area (Å²) in [4.78, 5) is 0. The van der Waals surface area contributed by atoms with Gasteiger partial charge in [-0.3, -0.25) is 4.68 Å². The molecule has 0 aliphatic heterocycles. The summed E-state index contributed by atoms with van der Waals surface area (Å²) < 4.78 is 25.6. The van der Waals surface area contributed by atoms with Gasteiger partial charge in [0.15, 0.2) is 11.5 Å². The van der Waals surface area contributed by atoms with Crippen LogP contribution in [-0.2, 0) is 7.05 Å². The molecule has 0 unspecified atom stereocenters. The predicted octanol–water partition coefficient (Wildman–Crippen LogP) is 1.83. The van der Waals surface area contributed by atoms with Gasteiger partial charge >= 0.3 is 0 Å². The van der Waals surface area contributed by atoms with Crippen LogP contribution in [0, 0.1) is 5.82 Å². The zero-order chi connectivity index (χ0) is 13.3. The van der Waals surface area contributed by atoms with Crippen molar-refractivity contribution in [3.63, 3.8) is 0 Å². The molecule has 2 aromatic rings. The Balaban J connectivity index is 2.57. The van der Waals surface area contributed by atoms with Crippen LogP contribution in [0.4, 0.5) is 10.2 Å². The maximum atomic E-state index is 14.0. The lowest BCUT2D eigenvalue weighted by Gasteiger charge is -2.09. The first-order valence-corrected chi connectivity index (χ1v) is 5.28. The van der Waals surface area contributed by atoms with Gasteiger partial charge in [-0.25, -0.2) is 4.39 Å². The monoisotopic (exact) mass is 251 g/mol. The molecule has 1 heterocycles. The number of ether oxygens (including phenoxy) is 2. The first-order chi connectivity index (χ1) is 8.56. The van der Waals surface area contributed by atoms with Crippen molar-refractivity contribution < 1.29 is 13.9 Å². The molecule has 2 rings (SSSR count). The Kier molecular flexibility index (Phi) is 3.10. The zero-order valence-corrected chi connectivity index (χ0v) is 10.4. The van der Waals surface area contributed by atoms with E-state index in [0.29, 0.717) is 28.6 Å². The van der Waals surface area contributed by atoms with Gasteiger partial charge in [0.25, 0.3) is 0 Å². The van der Waals surface area contributed by atoms with E-state index in [1.54, 1.807) is 13.1 Å². The molecular formula is C12H14FN3O2. The molecule has 0 atom stereocenters. The second-order valence-corrected chi connectivity index (χ2v) is 3.77. The van der Waals surface area contributed by atoms with Gasteiger partial charge in [-0.1, -0.05) is 0 Å². The molecule has 5 nitrogen and oxygen atoms in total. The number of aryl methyl sites for hydroxylation is 1. The SMILES string of the molecule is COc1cc(F)c(-c2cc(N)n(C)n2)cc1OC. The van der Waals surface area contributed by atoms with E-state index >= 15 is 0 Å². The molecule has 0 aliphatic rings. The van der Waals surface area contributed by atoms with Crippen molar-refractivity contribution in [2.75, 3.05) is 20.0 Å². The smallest absolute Gasteiger partial charge is 0.163 e. The third kappa shape index (κ3) is 1.97. The minimum absolute atomic E-state index is 0.319. The quantitative estimate of drug-likeness (QED) is 0.903. The minimum atomic E-state index is -0.439. The highest BCUT2D eigenvalue weighted by molar-refractivity contribution is 5.67. The van der Waals surface area contributed by atoms with Crippen LogP contribution in [0.3, 0.4) is 0 Å². The third-order valence-corrected chi connectivity index (χ3v) is 2.67. The number of halogens is 1. The summed E-state index contributed by atoms with van der Waals surface area (Å²) in [5.74, 6) is 0.797. The van der Waals surface area contributed by atoms with Crippen molar-refractivity contribution >= 4 is 5.82 Å². The average Bonchev–Trinajstić information content (AvgIpc) is 2.69. The molecule has 0 aliphatic carbocycles. The van der Waals surface area contributed by atoms with Crippen LogP contribution in [0.5, 0.6) is 11.5 Å². The Morgan fingerprint density at radius 3 is 2.28 bits per heavy atom. The highest BCUT2D eigenvalue weighted by atomic mass is 19.1. The molecule has 6 heteroatoms. The highest BCUT2D eigenvalue weighted by Gasteiger charge is 2.15. The first-order valence-electron chi connectivity index (χ1n) is 5.28. The predicted molar refractivity (Wildman–Crippen MR) is 66.1 cm³/mol. The maximum Gasteiger partial charge on any atom is 0.163 e. The summed E-state index contributed by atoms with van der Waals surface area (Å²) in [6.07, 6.45) is 0. The number of nitrogens with two attached hydrogens (primary N) is 1. The molecule has 0 spiro atoms. The Bertz CT molecular complexity index is 561. The number of benzene rings is 1. The molecular weight excluding hydrogens is 237 g/mol. The molecule has 96 valence electrons. The maximum absolute atomic E-state index is 14.0. The van der Waals surface area contributed by atoms with Crippen LogP contribution in [-0.4, -0.2) is 24.0 Å². The van der Waals surface area contributed by atoms with E-state index in [2.05, 4.69) is 5.10 Å². The van der Waals surface area contributed by atoms with E-state index < -0.39 is 5.82 Å². The fraction of sp³-hybridized carbons (Fsp3) is 0.250. The topological polar surface area (TPSA) is 62.3 Å². The van der Waals surface area contributed by atoms with Gasteiger partial charge < -0.3 is 15.2 Å². The number of nitrogen functional groups attached to an aromatic ring is 1. The molecule has 2 N–H and O–H groups in total. The number of methoxy groups -OCH3 is 2. The number of hydrogen-bond acceptors (Lipinski definition) is 4. The third-order valence-electron chi connectivity index (χ3n) is 2.67.